The van der Waals surface area contributed by atoms with E-state index in [9.17, 15) is 14.4 Å². The highest BCUT2D eigenvalue weighted by Crippen LogP contribution is 2.25. The second-order valence-corrected chi connectivity index (χ2v) is 8.29. The van der Waals surface area contributed by atoms with Crippen molar-refractivity contribution in [3.05, 3.63) is 65.7 Å². The Bertz CT molecular complexity index is 904. The lowest BCUT2D eigenvalue weighted by atomic mass is 10.1. The lowest BCUT2D eigenvalue weighted by Crippen LogP contribution is -2.49. The van der Waals surface area contributed by atoms with Crippen molar-refractivity contribution in [3.8, 4) is 0 Å². The number of hydrogen-bond donors (Lipinski definition) is 1. The Morgan fingerprint density at radius 1 is 1.10 bits per heavy atom. The van der Waals surface area contributed by atoms with Crippen LogP contribution in [0.4, 0.5) is 5.69 Å². The molecule has 6 nitrogen and oxygen atoms in total. The molecule has 1 unspecified atom stereocenters. The van der Waals surface area contributed by atoms with E-state index in [4.69, 9.17) is 0 Å². The van der Waals surface area contributed by atoms with Crippen LogP contribution in [0.2, 0.25) is 0 Å². The summed E-state index contributed by atoms with van der Waals surface area (Å²) in [4.78, 5) is 41.9. The predicted octanol–water partition coefficient (Wildman–Crippen LogP) is 2.59. The van der Waals surface area contributed by atoms with Crippen molar-refractivity contribution in [1.29, 1.82) is 0 Å². The summed E-state index contributed by atoms with van der Waals surface area (Å²) in [5, 5.41) is 2.83. The molecule has 1 atom stereocenters. The maximum atomic E-state index is 13.2. The lowest BCUT2D eigenvalue weighted by molar-refractivity contribution is -0.130. The molecule has 0 saturated heterocycles. The van der Waals surface area contributed by atoms with Crippen LogP contribution in [0.15, 0.2) is 54.6 Å². The number of hydrogen-bond acceptors (Lipinski definition) is 4. The monoisotopic (exact) mass is 425 g/mol. The van der Waals surface area contributed by atoms with E-state index in [0.29, 0.717) is 24.2 Å². The smallest absolute Gasteiger partial charge is 0.254 e. The Morgan fingerprint density at radius 3 is 2.53 bits per heavy atom. The second kappa shape index (κ2) is 10.3. The van der Waals surface area contributed by atoms with Crippen LogP contribution >= 0.6 is 11.8 Å². The first-order valence-electron chi connectivity index (χ1n) is 9.99. The standard InChI is InChI=1S/C23H27N3O3S/c1-25(14-12-17-8-4-3-5-9-17)21(27)16-26-20-11-7-6-10-18(20)22(28)24-19(23(26)29)13-15-30-2/h3-11,19H,12-16H2,1-2H3,(H,24,28). The van der Waals surface area contributed by atoms with Gasteiger partial charge in [0.1, 0.15) is 12.6 Å². The van der Waals surface area contributed by atoms with E-state index in [2.05, 4.69) is 5.32 Å². The van der Waals surface area contributed by atoms with Gasteiger partial charge < -0.3 is 15.1 Å². The van der Waals surface area contributed by atoms with Gasteiger partial charge >= 0.3 is 0 Å². The van der Waals surface area contributed by atoms with Crippen LogP contribution in [0.1, 0.15) is 22.3 Å². The fourth-order valence-corrected chi connectivity index (χ4v) is 3.89. The molecule has 0 spiro atoms. The number of carbonyl (C=O) groups is 3. The Kier molecular flexibility index (Phi) is 7.52. The summed E-state index contributed by atoms with van der Waals surface area (Å²) < 4.78 is 0. The topological polar surface area (TPSA) is 69.7 Å². The van der Waals surface area contributed by atoms with Crippen molar-refractivity contribution in [2.24, 2.45) is 0 Å². The number of benzene rings is 2. The quantitative estimate of drug-likeness (QED) is 0.706. The lowest BCUT2D eigenvalue weighted by Gasteiger charge is -2.27. The van der Waals surface area contributed by atoms with Gasteiger partial charge in [0.25, 0.3) is 5.91 Å². The van der Waals surface area contributed by atoms with Crippen molar-refractivity contribution in [2.75, 3.05) is 37.0 Å². The summed E-state index contributed by atoms with van der Waals surface area (Å²) in [5.74, 6) is 0.0582. The molecule has 1 aliphatic heterocycles. The van der Waals surface area contributed by atoms with Crippen molar-refractivity contribution < 1.29 is 14.4 Å². The molecule has 2 aromatic carbocycles. The Morgan fingerprint density at radius 2 is 1.80 bits per heavy atom. The number of nitrogens with zero attached hydrogens (tertiary/aromatic N) is 2. The number of rotatable bonds is 8. The molecule has 0 bridgehead atoms. The minimum atomic E-state index is -0.639. The fourth-order valence-electron chi connectivity index (χ4n) is 3.42. The summed E-state index contributed by atoms with van der Waals surface area (Å²) >= 11 is 1.62. The van der Waals surface area contributed by atoms with Crippen molar-refractivity contribution >= 4 is 35.2 Å². The number of para-hydroxylation sites is 1. The van der Waals surface area contributed by atoms with E-state index in [-0.39, 0.29) is 24.3 Å². The maximum absolute atomic E-state index is 13.2. The molecular weight excluding hydrogens is 398 g/mol. The molecule has 0 aromatic heterocycles. The third kappa shape index (κ3) is 5.21. The predicted molar refractivity (Wildman–Crippen MR) is 121 cm³/mol. The Balaban J connectivity index is 1.76. The van der Waals surface area contributed by atoms with Crippen LogP contribution in [0, 0.1) is 0 Å². The van der Waals surface area contributed by atoms with Gasteiger partial charge in [-0.25, -0.2) is 0 Å². The van der Waals surface area contributed by atoms with Crippen molar-refractivity contribution in [3.63, 3.8) is 0 Å². The minimum Gasteiger partial charge on any atom is -0.344 e. The highest BCUT2D eigenvalue weighted by atomic mass is 32.2. The second-order valence-electron chi connectivity index (χ2n) is 7.30. The first-order chi connectivity index (χ1) is 14.5. The largest absolute Gasteiger partial charge is 0.344 e. The van der Waals surface area contributed by atoms with Crippen molar-refractivity contribution in [1.82, 2.24) is 10.2 Å². The molecular formula is C23H27N3O3S. The van der Waals surface area contributed by atoms with E-state index < -0.39 is 6.04 Å². The molecule has 0 fully saturated rings. The first-order valence-corrected chi connectivity index (χ1v) is 11.4. The molecule has 0 saturated carbocycles. The highest BCUT2D eigenvalue weighted by molar-refractivity contribution is 7.98. The minimum absolute atomic E-state index is 0.0914. The molecule has 1 N–H and O–H groups in total. The highest BCUT2D eigenvalue weighted by Gasteiger charge is 2.34. The molecule has 0 radical (unpaired) electrons. The molecule has 3 amide bonds. The number of carbonyl (C=O) groups excluding carboxylic acids is 3. The summed E-state index contributed by atoms with van der Waals surface area (Å²) in [7, 11) is 1.74. The number of likely N-dealkylation sites (N-methyl/N-ethyl adjacent to an activating group) is 1. The van der Waals surface area contributed by atoms with Crippen molar-refractivity contribution in [2.45, 2.75) is 18.9 Å². The third-order valence-electron chi connectivity index (χ3n) is 5.22. The molecule has 0 aliphatic carbocycles. The zero-order valence-electron chi connectivity index (χ0n) is 17.3. The van der Waals surface area contributed by atoms with Crippen LogP contribution in [-0.2, 0) is 16.0 Å². The average molecular weight is 426 g/mol. The molecule has 30 heavy (non-hydrogen) atoms. The number of fused-ring (bicyclic) bond motifs is 1. The summed E-state index contributed by atoms with van der Waals surface area (Å²) in [5.41, 5.74) is 2.05. The number of nitrogens with one attached hydrogen (secondary N) is 1. The van der Waals surface area contributed by atoms with E-state index in [1.807, 2.05) is 36.6 Å². The first kappa shape index (κ1) is 21.9. The van der Waals surface area contributed by atoms with Gasteiger partial charge in [-0.2, -0.15) is 11.8 Å². The van der Waals surface area contributed by atoms with Gasteiger partial charge in [-0.3, -0.25) is 14.4 Å². The molecule has 1 heterocycles. The summed E-state index contributed by atoms with van der Waals surface area (Å²) in [6.45, 7) is 0.464. The fraction of sp³-hybridized carbons (Fsp3) is 0.348. The number of anilines is 1. The SMILES string of the molecule is CSCCC1NC(=O)c2ccccc2N(CC(=O)N(C)CCc2ccccc2)C1=O. The summed E-state index contributed by atoms with van der Waals surface area (Å²) in [6.07, 6.45) is 3.22. The van der Waals surface area contributed by atoms with E-state index in [1.54, 1.807) is 48.0 Å². The Hall–Kier alpha value is -2.80. The maximum Gasteiger partial charge on any atom is 0.254 e. The van der Waals surface area contributed by atoms with E-state index in [1.165, 1.54) is 4.90 Å². The van der Waals surface area contributed by atoms with E-state index >= 15 is 0 Å². The summed E-state index contributed by atoms with van der Waals surface area (Å²) in [6, 6.07) is 16.3. The van der Waals surface area contributed by atoms with Gasteiger partial charge in [0.15, 0.2) is 0 Å². The van der Waals surface area contributed by atoms with Gasteiger partial charge in [-0.15, -0.1) is 0 Å². The zero-order valence-corrected chi connectivity index (χ0v) is 18.2. The molecule has 1 aliphatic rings. The zero-order chi connectivity index (χ0) is 21.5. The van der Waals surface area contributed by atoms with Crippen LogP contribution < -0.4 is 10.2 Å². The Labute approximate surface area is 181 Å². The normalized spacial score (nSPS) is 15.9. The van der Waals surface area contributed by atoms with Crippen LogP contribution in [0.5, 0.6) is 0 Å². The van der Waals surface area contributed by atoms with Gasteiger partial charge in [-0.05, 0) is 42.5 Å². The number of amides is 3. The van der Waals surface area contributed by atoms with Gasteiger partial charge in [-0.1, -0.05) is 42.5 Å². The van der Waals surface area contributed by atoms with E-state index in [0.717, 1.165) is 17.7 Å². The average Bonchev–Trinajstić information content (AvgIpc) is 2.87. The van der Waals surface area contributed by atoms with Gasteiger partial charge in [0.2, 0.25) is 11.8 Å². The molecule has 7 heteroatoms. The number of thioether (sulfide) groups is 1. The van der Waals surface area contributed by atoms with Gasteiger partial charge in [0, 0.05) is 13.6 Å². The van der Waals surface area contributed by atoms with Crippen LogP contribution in [-0.4, -0.2) is 60.8 Å². The van der Waals surface area contributed by atoms with Crippen LogP contribution in [0.25, 0.3) is 0 Å². The van der Waals surface area contributed by atoms with Gasteiger partial charge in [0.05, 0.1) is 11.3 Å². The molecule has 158 valence electrons. The van der Waals surface area contributed by atoms with Crippen LogP contribution in [0.3, 0.4) is 0 Å². The molecule has 2 aromatic rings. The third-order valence-corrected chi connectivity index (χ3v) is 5.86. The molecule has 3 rings (SSSR count).